The van der Waals surface area contributed by atoms with Crippen molar-refractivity contribution in [3.05, 3.63) is 0 Å². The van der Waals surface area contributed by atoms with E-state index in [1.54, 1.807) is 0 Å². The summed E-state index contributed by atoms with van der Waals surface area (Å²) < 4.78 is 0. The van der Waals surface area contributed by atoms with Crippen molar-refractivity contribution >= 4 is 5.91 Å². The third-order valence-corrected chi connectivity index (χ3v) is 2.06. The Balaban J connectivity index is 2.46. The van der Waals surface area contributed by atoms with Crippen molar-refractivity contribution in [3.63, 3.8) is 0 Å². The van der Waals surface area contributed by atoms with Gasteiger partial charge in [0.2, 0.25) is 5.91 Å². The van der Waals surface area contributed by atoms with Crippen LogP contribution in [0.25, 0.3) is 0 Å². The van der Waals surface area contributed by atoms with Gasteiger partial charge in [0.05, 0.1) is 0 Å². The quantitative estimate of drug-likeness (QED) is 0.560. The molecule has 1 fully saturated rings. The lowest BCUT2D eigenvalue weighted by molar-refractivity contribution is -0.123. The number of carbonyl (C=O) groups is 1. The fourth-order valence-corrected chi connectivity index (χ4v) is 1.35. The highest BCUT2D eigenvalue weighted by molar-refractivity contribution is 5.81. The van der Waals surface area contributed by atoms with Gasteiger partial charge in [-0.1, -0.05) is 6.92 Å². The predicted octanol–water partition coefficient (Wildman–Crippen LogP) is -0.249. The number of hydrogen-bond donors (Lipinski definition) is 2. The summed E-state index contributed by atoms with van der Waals surface area (Å²) in [5, 5.41) is 11.3. The number of hydrogen-bond acceptors (Lipinski definition) is 2. The highest BCUT2D eigenvalue weighted by atomic mass is 16.3. The molecule has 3 heteroatoms. The zero-order valence-electron chi connectivity index (χ0n) is 6.13. The summed E-state index contributed by atoms with van der Waals surface area (Å²) in [5.74, 6) is 0.534. The molecule has 0 aromatic heterocycles. The Morgan fingerprint density at radius 2 is 2.50 bits per heavy atom. The molecule has 1 saturated heterocycles. The Labute approximate surface area is 60.4 Å². The highest BCUT2D eigenvalue weighted by Gasteiger charge is 2.30. The molecule has 0 aromatic carbocycles. The molecule has 0 unspecified atom stereocenters. The monoisotopic (exact) mass is 143 g/mol. The van der Waals surface area contributed by atoms with E-state index < -0.39 is 0 Å². The molecule has 1 aliphatic rings. The lowest BCUT2D eigenvalue weighted by Gasteiger charge is -2.08. The van der Waals surface area contributed by atoms with E-state index in [0.29, 0.717) is 12.3 Å². The average molecular weight is 143 g/mol. The Morgan fingerprint density at radius 3 is 2.90 bits per heavy atom. The van der Waals surface area contributed by atoms with Gasteiger partial charge in [0.15, 0.2) is 0 Å². The summed E-state index contributed by atoms with van der Waals surface area (Å²) in [6.07, 6.45) is 0.604. The van der Waals surface area contributed by atoms with Crippen LogP contribution in [0.2, 0.25) is 0 Å². The van der Waals surface area contributed by atoms with E-state index in [-0.39, 0.29) is 18.4 Å². The fourth-order valence-electron chi connectivity index (χ4n) is 1.35. The van der Waals surface area contributed by atoms with Gasteiger partial charge in [-0.25, -0.2) is 0 Å². The van der Waals surface area contributed by atoms with Crippen LogP contribution < -0.4 is 5.32 Å². The molecule has 1 aliphatic heterocycles. The van der Waals surface area contributed by atoms with Gasteiger partial charge in [0.1, 0.15) is 0 Å². The van der Waals surface area contributed by atoms with Gasteiger partial charge in [0.25, 0.3) is 0 Å². The molecular weight excluding hydrogens is 130 g/mol. The van der Waals surface area contributed by atoms with Crippen molar-refractivity contribution in [2.45, 2.75) is 13.3 Å². The van der Waals surface area contributed by atoms with E-state index in [2.05, 4.69) is 5.32 Å². The van der Waals surface area contributed by atoms with Crippen LogP contribution >= 0.6 is 0 Å². The number of nitrogens with one attached hydrogen (secondary N) is 1. The summed E-state index contributed by atoms with van der Waals surface area (Å²) >= 11 is 0. The molecule has 58 valence electrons. The number of rotatable bonds is 2. The second-order valence-electron chi connectivity index (χ2n) is 2.84. The summed E-state index contributed by atoms with van der Waals surface area (Å²) in [6, 6.07) is 0. The van der Waals surface area contributed by atoms with E-state index in [4.69, 9.17) is 5.11 Å². The van der Waals surface area contributed by atoms with Crippen LogP contribution in [0, 0.1) is 11.8 Å². The highest BCUT2D eigenvalue weighted by Crippen LogP contribution is 2.19. The molecule has 10 heavy (non-hydrogen) atoms. The Kier molecular flexibility index (Phi) is 2.27. The molecule has 2 N–H and O–H groups in total. The molecule has 1 heterocycles. The van der Waals surface area contributed by atoms with Crippen LogP contribution in [0.1, 0.15) is 13.3 Å². The average Bonchev–Trinajstić information content (AvgIpc) is 2.20. The SMILES string of the molecule is C[C@H]1CNC(=O)[C@H]1CCO. The van der Waals surface area contributed by atoms with E-state index in [1.807, 2.05) is 6.92 Å². The molecule has 1 rings (SSSR count). The summed E-state index contributed by atoms with van der Waals surface area (Å²) in [6.45, 7) is 2.91. The zero-order valence-corrected chi connectivity index (χ0v) is 6.13. The van der Waals surface area contributed by atoms with Crippen LogP contribution in [0.15, 0.2) is 0 Å². The van der Waals surface area contributed by atoms with Crippen molar-refractivity contribution in [3.8, 4) is 0 Å². The fraction of sp³-hybridized carbons (Fsp3) is 0.857. The van der Waals surface area contributed by atoms with Crippen molar-refractivity contribution in [1.29, 1.82) is 0 Å². The maximum Gasteiger partial charge on any atom is 0.223 e. The third kappa shape index (κ3) is 1.29. The van der Waals surface area contributed by atoms with Crippen LogP contribution in [0.5, 0.6) is 0 Å². The molecule has 2 atom stereocenters. The first-order valence-electron chi connectivity index (χ1n) is 3.64. The van der Waals surface area contributed by atoms with E-state index in [9.17, 15) is 4.79 Å². The molecular formula is C7H13NO2. The van der Waals surface area contributed by atoms with Gasteiger partial charge in [-0.3, -0.25) is 4.79 Å². The Bertz CT molecular complexity index is 136. The van der Waals surface area contributed by atoms with Crippen LogP contribution in [0.3, 0.4) is 0 Å². The first-order valence-corrected chi connectivity index (χ1v) is 3.64. The zero-order chi connectivity index (χ0) is 7.56. The minimum absolute atomic E-state index is 0.0463. The maximum absolute atomic E-state index is 11.0. The van der Waals surface area contributed by atoms with Crippen molar-refractivity contribution in [2.75, 3.05) is 13.2 Å². The van der Waals surface area contributed by atoms with Crippen molar-refractivity contribution in [2.24, 2.45) is 11.8 Å². The van der Waals surface area contributed by atoms with Gasteiger partial charge in [0, 0.05) is 19.1 Å². The Morgan fingerprint density at radius 1 is 1.80 bits per heavy atom. The van der Waals surface area contributed by atoms with E-state index in [1.165, 1.54) is 0 Å². The first-order chi connectivity index (χ1) is 4.75. The third-order valence-electron chi connectivity index (χ3n) is 2.06. The minimum atomic E-state index is 0.0463. The van der Waals surface area contributed by atoms with E-state index >= 15 is 0 Å². The van der Waals surface area contributed by atoms with E-state index in [0.717, 1.165) is 6.54 Å². The summed E-state index contributed by atoms with van der Waals surface area (Å²) in [4.78, 5) is 11.0. The summed E-state index contributed by atoms with van der Waals surface area (Å²) in [7, 11) is 0. The molecule has 0 saturated carbocycles. The van der Waals surface area contributed by atoms with Crippen molar-refractivity contribution < 1.29 is 9.90 Å². The molecule has 0 aromatic rings. The maximum atomic E-state index is 11.0. The van der Waals surface area contributed by atoms with Crippen LogP contribution in [-0.4, -0.2) is 24.2 Å². The molecule has 1 amide bonds. The van der Waals surface area contributed by atoms with Crippen LogP contribution in [0.4, 0.5) is 0 Å². The lowest BCUT2D eigenvalue weighted by atomic mass is 9.95. The molecule has 0 bridgehead atoms. The topological polar surface area (TPSA) is 49.3 Å². The Hall–Kier alpha value is -0.570. The standard InChI is InChI=1S/C7H13NO2/c1-5-4-8-7(10)6(5)2-3-9/h5-6,9H,2-4H2,1H3,(H,8,10)/t5-,6-/m0/s1. The summed E-state index contributed by atoms with van der Waals surface area (Å²) in [5.41, 5.74) is 0. The number of aliphatic hydroxyl groups is 1. The van der Waals surface area contributed by atoms with Gasteiger partial charge in [-0.15, -0.1) is 0 Å². The lowest BCUT2D eigenvalue weighted by Crippen LogP contribution is -2.20. The second kappa shape index (κ2) is 3.01. The molecule has 0 radical (unpaired) electrons. The van der Waals surface area contributed by atoms with Gasteiger partial charge >= 0.3 is 0 Å². The molecule has 3 nitrogen and oxygen atoms in total. The smallest absolute Gasteiger partial charge is 0.223 e. The predicted molar refractivity (Wildman–Crippen MR) is 37.4 cm³/mol. The van der Waals surface area contributed by atoms with Gasteiger partial charge in [-0.05, 0) is 12.3 Å². The molecule has 0 aliphatic carbocycles. The first kappa shape index (κ1) is 7.54. The number of amides is 1. The van der Waals surface area contributed by atoms with Crippen molar-refractivity contribution in [1.82, 2.24) is 5.32 Å². The molecule has 0 spiro atoms. The van der Waals surface area contributed by atoms with Gasteiger partial charge in [-0.2, -0.15) is 0 Å². The van der Waals surface area contributed by atoms with Crippen LogP contribution in [-0.2, 0) is 4.79 Å². The number of aliphatic hydroxyl groups excluding tert-OH is 1. The minimum Gasteiger partial charge on any atom is -0.396 e. The number of carbonyl (C=O) groups excluding carboxylic acids is 1. The normalized spacial score (nSPS) is 32.4. The second-order valence-corrected chi connectivity index (χ2v) is 2.84. The van der Waals surface area contributed by atoms with Gasteiger partial charge < -0.3 is 10.4 Å². The largest absolute Gasteiger partial charge is 0.396 e.